The van der Waals surface area contributed by atoms with Gasteiger partial charge in [-0.3, -0.25) is 24.2 Å². The second-order valence-electron chi connectivity index (χ2n) is 9.37. The van der Waals surface area contributed by atoms with E-state index in [0.29, 0.717) is 0 Å². The fourth-order valence-electron chi connectivity index (χ4n) is 3.13. The van der Waals surface area contributed by atoms with Crippen molar-refractivity contribution in [1.82, 2.24) is 16.0 Å². The van der Waals surface area contributed by atoms with E-state index in [-0.39, 0.29) is 56.4 Å². The summed E-state index contributed by atoms with van der Waals surface area (Å²) in [5.41, 5.74) is 21.6. The van der Waals surface area contributed by atoms with Crippen molar-refractivity contribution in [2.45, 2.75) is 84.0 Å². The van der Waals surface area contributed by atoms with Crippen molar-refractivity contribution in [2.24, 2.45) is 39.8 Å². The van der Waals surface area contributed by atoms with E-state index in [1.165, 1.54) is 0 Å². The average molecular weight is 515 g/mol. The molecule has 206 valence electrons. The first-order valence-electron chi connectivity index (χ1n) is 11.9. The largest absolute Gasteiger partial charge is 0.480 e. The van der Waals surface area contributed by atoms with Gasteiger partial charge in [0, 0.05) is 13.0 Å². The van der Waals surface area contributed by atoms with Gasteiger partial charge in [-0.15, -0.1) is 0 Å². The van der Waals surface area contributed by atoms with E-state index >= 15 is 0 Å². The molecule has 0 aromatic rings. The lowest BCUT2D eigenvalue weighted by Gasteiger charge is -2.26. The standard InChI is InChI=1S/C22H42N8O6/c1-11(2)10-15(30-20(34)17(24)12(3)4)19(33)28-13(7-8-16(23)31)18(32)29-14(21(35)36)6-5-9-27-22(25)26/h11-15,17H,5-10,24H2,1-4H3,(H2,23,31)(H,28,33)(H,29,32)(H,30,34)(H,35,36)(H4,25,26,27). The van der Waals surface area contributed by atoms with Crippen LogP contribution in [0.3, 0.4) is 0 Å². The van der Waals surface area contributed by atoms with Gasteiger partial charge in [0.1, 0.15) is 18.1 Å². The number of nitrogens with one attached hydrogen (secondary N) is 3. The molecule has 0 spiro atoms. The zero-order chi connectivity index (χ0) is 28.0. The van der Waals surface area contributed by atoms with E-state index in [0.717, 1.165) is 0 Å². The molecule has 0 saturated heterocycles. The van der Waals surface area contributed by atoms with Gasteiger partial charge in [0.05, 0.1) is 6.04 Å². The second kappa shape index (κ2) is 16.3. The molecule has 0 radical (unpaired) electrons. The van der Waals surface area contributed by atoms with Gasteiger partial charge in [0.25, 0.3) is 0 Å². The number of rotatable bonds is 17. The number of aliphatic carboxylic acids is 1. The summed E-state index contributed by atoms with van der Waals surface area (Å²) in [4.78, 5) is 65.1. The fraction of sp³-hybridized carbons (Fsp3) is 0.727. The first-order chi connectivity index (χ1) is 16.6. The molecule has 12 N–H and O–H groups in total. The van der Waals surface area contributed by atoms with E-state index < -0.39 is 53.8 Å². The molecule has 4 atom stereocenters. The topological polar surface area (TPSA) is 258 Å². The highest BCUT2D eigenvalue weighted by molar-refractivity contribution is 5.94. The number of nitrogens with two attached hydrogens (primary N) is 4. The van der Waals surface area contributed by atoms with E-state index in [9.17, 15) is 29.1 Å². The smallest absolute Gasteiger partial charge is 0.326 e. The summed E-state index contributed by atoms with van der Waals surface area (Å²) in [7, 11) is 0. The summed E-state index contributed by atoms with van der Waals surface area (Å²) < 4.78 is 0. The van der Waals surface area contributed by atoms with Crippen LogP contribution in [-0.4, -0.2) is 71.4 Å². The Hall–Kier alpha value is -3.42. The minimum Gasteiger partial charge on any atom is -0.480 e. The van der Waals surface area contributed by atoms with E-state index in [4.69, 9.17) is 22.9 Å². The van der Waals surface area contributed by atoms with Crippen LogP contribution in [0.1, 0.15) is 59.8 Å². The summed E-state index contributed by atoms with van der Waals surface area (Å²) in [5.74, 6) is -4.29. The number of guanidine groups is 1. The van der Waals surface area contributed by atoms with Gasteiger partial charge in [-0.25, -0.2) is 4.79 Å². The third-order valence-electron chi connectivity index (χ3n) is 5.23. The third-order valence-corrected chi connectivity index (χ3v) is 5.23. The number of hydrogen-bond acceptors (Lipinski definition) is 7. The Kier molecular flexibility index (Phi) is 14.7. The lowest BCUT2D eigenvalue weighted by atomic mass is 10.00. The number of nitrogens with zero attached hydrogens (tertiary/aromatic N) is 1. The van der Waals surface area contributed by atoms with E-state index in [1.807, 2.05) is 13.8 Å². The van der Waals surface area contributed by atoms with Gasteiger partial charge in [-0.05, 0) is 37.5 Å². The van der Waals surface area contributed by atoms with Crippen LogP contribution in [0.25, 0.3) is 0 Å². The summed E-state index contributed by atoms with van der Waals surface area (Å²) in [5, 5.41) is 17.0. The molecule has 0 heterocycles. The summed E-state index contributed by atoms with van der Waals surface area (Å²) >= 11 is 0. The molecule has 36 heavy (non-hydrogen) atoms. The molecule has 0 bridgehead atoms. The molecule has 4 amide bonds. The van der Waals surface area contributed by atoms with Crippen LogP contribution >= 0.6 is 0 Å². The number of hydrogen-bond donors (Lipinski definition) is 8. The van der Waals surface area contributed by atoms with Crippen molar-refractivity contribution in [3.8, 4) is 0 Å². The highest BCUT2D eigenvalue weighted by Crippen LogP contribution is 2.09. The van der Waals surface area contributed by atoms with Crippen molar-refractivity contribution in [2.75, 3.05) is 6.54 Å². The number of aliphatic imine (C=N–C) groups is 1. The number of carbonyl (C=O) groups is 5. The van der Waals surface area contributed by atoms with Gasteiger partial charge >= 0.3 is 5.97 Å². The predicted octanol–water partition coefficient (Wildman–Crippen LogP) is -2.13. The van der Waals surface area contributed by atoms with E-state index in [1.54, 1.807) is 13.8 Å². The Morgan fingerprint density at radius 1 is 0.806 bits per heavy atom. The number of carboxylic acids is 1. The van der Waals surface area contributed by atoms with Crippen molar-refractivity contribution in [3.05, 3.63) is 0 Å². The quantitative estimate of drug-likeness (QED) is 0.0598. The minimum atomic E-state index is -1.29. The third kappa shape index (κ3) is 13.5. The zero-order valence-electron chi connectivity index (χ0n) is 21.5. The van der Waals surface area contributed by atoms with Crippen LogP contribution in [0, 0.1) is 11.8 Å². The molecule has 14 heteroatoms. The van der Waals surface area contributed by atoms with Crippen LogP contribution in [-0.2, 0) is 24.0 Å². The maximum Gasteiger partial charge on any atom is 0.326 e. The number of amides is 4. The minimum absolute atomic E-state index is 0.0100. The molecule has 0 aliphatic heterocycles. The predicted molar refractivity (Wildman–Crippen MR) is 134 cm³/mol. The molecule has 0 aromatic heterocycles. The Morgan fingerprint density at radius 2 is 1.33 bits per heavy atom. The number of carbonyl (C=O) groups excluding carboxylic acids is 4. The van der Waals surface area contributed by atoms with E-state index in [2.05, 4.69) is 20.9 Å². The van der Waals surface area contributed by atoms with Gasteiger partial charge in [0.15, 0.2) is 5.96 Å². The average Bonchev–Trinajstić information content (AvgIpc) is 2.76. The van der Waals surface area contributed by atoms with Gasteiger partial charge < -0.3 is 44.0 Å². The zero-order valence-corrected chi connectivity index (χ0v) is 21.5. The van der Waals surface area contributed by atoms with Crippen molar-refractivity contribution < 1.29 is 29.1 Å². The van der Waals surface area contributed by atoms with Crippen LogP contribution in [0.4, 0.5) is 0 Å². The molecule has 0 aromatic carbocycles. The number of primary amides is 1. The molecular formula is C22H42N8O6. The van der Waals surface area contributed by atoms with Crippen LogP contribution < -0.4 is 38.9 Å². The second-order valence-corrected chi connectivity index (χ2v) is 9.37. The Bertz CT molecular complexity index is 797. The summed E-state index contributed by atoms with van der Waals surface area (Å²) in [6, 6.07) is -4.39. The lowest BCUT2D eigenvalue weighted by molar-refractivity contribution is -0.142. The lowest BCUT2D eigenvalue weighted by Crippen LogP contribution is -2.57. The first kappa shape index (κ1) is 32.6. The maximum atomic E-state index is 13.0. The Balaban J connectivity index is 5.55. The number of carboxylic acid groups (broad SMARTS) is 1. The molecule has 0 fully saturated rings. The molecule has 14 nitrogen and oxygen atoms in total. The molecule has 0 saturated carbocycles. The van der Waals surface area contributed by atoms with Crippen LogP contribution in [0.2, 0.25) is 0 Å². The highest BCUT2D eigenvalue weighted by Gasteiger charge is 2.31. The Morgan fingerprint density at radius 3 is 1.81 bits per heavy atom. The highest BCUT2D eigenvalue weighted by atomic mass is 16.4. The summed E-state index contributed by atoms with van der Waals surface area (Å²) in [6.07, 6.45) is 0.149. The maximum absolute atomic E-state index is 13.0. The Labute approximate surface area is 211 Å². The van der Waals surface area contributed by atoms with Crippen molar-refractivity contribution >= 4 is 35.6 Å². The molecule has 4 unspecified atom stereocenters. The first-order valence-corrected chi connectivity index (χ1v) is 11.9. The van der Waals surface area contributed by atoms with Crippen LogP contribution in [0.5, 0.6) is 0 Å². The van der Waals surface area contributed by atoms with Gasteiger partial charge in [-0.1, -0.05) is 27.7 Å². The molecule has 0 rings (SSSR count). The summed E-state index contributed by atoms with van der Waals surface area (Å²) in [6.45, 7) is 7.40. The fourth-order valence-corrected chi connectivity index (χ4v) is 3.13. The molecular weight excluding hydrogens is 472 g/mol. The van der Waals surface area contributed by atoms with Gasteiger partial charge in [0.2, 0.25) is 23.6 Å². The SMILES string of the molecule is CC(C)CC(NC(=O)C(N)C(C)C)C(=O)NC(CCC(N)=O)C(=O)NC(CCCN=C(N)N)C(=O)O. The molecule has 0 aliphatic carbocycles. The van der Waals surface area contributed by atoms with Gasteiger partial charge in [-0.2, -0.15) is 0 Å². The van der Waals surface area contributed by atoms with Crippen molar-refractivity contribution in [3.63, 3.8) is 0 Å². The molecule has 0 aliphatic rings. The van der Waals surface area contributed by atoms with Crippen LogP contribution in [0.15, 0.2) is 4.99 Å². The van der Waals surface area contributed by atoms with Crippen molar-refractivity contribution in [1.29, 1.82) is 0 Å². The monoisotopic (exact) mass is 514 g/mol. The normalized spacial score (nSPS) is 14.3.